The van der Waals surface area contributed by atoms with E-state index in [4.69, 9.17) is 37.4 Å². The molecule has 63 heavy (non-hydrogen) atoms. The van der Waals surface area contributed by atoms with Crippen LogP contribution >= 0.6 is 23.2 Å². The van der Waals surface area contributed by atoms with Gasteiger partial charge >= 0.3 is 0 Å². The normalized spacial score (nSPS) is 20.1. The Hall–Kier alpha value is -4.34. The molecule has 2 aromatic heterocycles. The number of H-pyrrole nitrogens is 1. The predicted octanol–water partition coefficient (Wildman–Crippen LogP) is 9.48. The molecule has 5 aromatic rings. The van der Waals surface area contributed by atoms with Gasteiger partial charge in [-0.1, -0.05) is 54.8 Å². The van der Waals surface area contributed by atoms with E-state index in [1.54, 1.807) is 30.6 Å². The maximum absolute atomic E-state index is 15.7. The summed E-state index contributed by atoms with van der Waals surface area (Å²) in [6.45, 7) is 11.5. The quantitative estimate of drug-likeness (QED) is 0.111. The van der Waals surface area contributed by atoms with Crippen molar-refractivity contribution in [1.82, 2.24) is 24.5 Å². The Bertz CT molecular complexity index is 2470. The highest BCUT2D eigenvalue weighted by atomic mass is 35.5. The fraction of sp³-hybridized carbons (Fsp3) is 0.417. The third-order valence-corrected chi connectivity index (χ3v) is 14.6. The molecule has 0 radical (unpaired) electrons. The van der Waals surface area contributed by atoms with Crippen LogP contribution in [0.4, 0.5) is 10.1 Å². The van der Waals surface area contributed by atoms with E-state index >= 15 is 4.39 Å². The lowest BCUT2D eigenvalue weighted by Gasteiger charge is -2.43. The number of fused-ring (bicyclic) bond motifs is 1. The molecule has 3 fully saturated rings. The molecule has 3 saturated heterocycles. The predicted molar refractivity (Wildman–Crippen MR) is 247 cm³/mol. The summed E-state index contributed by atoms with van der Waals surface area (Å²) in [5, 5.41) is 1.78. The number of likely N-dealkylation sites (tertiary alicyclic amines) is 1. The summed E-state index contributed by atoms with van der Waals surface area (Å²) in [4.78, 5) is 28.9. The minimum Gasteiger partial charge on any atom is -0.588 e. The number of hydrogen-bond acceptors (Lipinski definition) is 9. The molecule has 3 aromatic carbocycles. The van der Waals surface area contributed by atoms with E-state index in [1.807, 2.05) is 36.4 Å². The van der Waals surface area contributed by atoms with Crippen LogP contribution in [0.15, 0.2) is 95.7 Å². The van der Waals surface area contributed by atoms with Crippen molar-refractivity contribution >= 4 is 62.8 Å². The molecule has 1 unspecified atom stereocenters. The average molecular weight is 916 g/mol. The summed E-state index contributed by atoms with van der Waals surface area (Å²) < 4.78 is 49.4. The molecule has 2 N–H and O–H groups in total. The topological polar surface area (TPSA) is 118 Å². The van der Waals surface area contributed by atoms with Crippen molar-refractivity contribution in [1.29, 1.82) is 0 Å². The number of aromatic amines is 1. The molecule has 5 heterocycles. The Balaban J connectivity index is 0.868. The number of pyridine rings is 1. The van der Waals surface area contributed by atoms with Gasteiger partial charge in [0.25, 0.3) is 5.91 Å². The van der Waals surface area contributed by atoms with Crippen molar-refractivity contribution in [3.63, 3.8) is 0 Å². The molecule has 15 heteroatoms. The standard InChI is InChI=1S/C48H53Cl2FN6O5S/c1-47(2)13-11-34(41(26-47)32-3-5-35(49)6-4-32)28-55-19-21-57(22-20-55)36-7-9-40(44(24-36)62-38-23-33-12-16-52-45(33)53-27-38)46(58)54-63(59)39-8-10-43(42(50)25-39)61-31-48(51)14-17-56(18-15-48)37-29-60-30-37/h3-10,12,16,23-25,27,37H,11,13-15,17-22,26,28-31H2,1-2H3,(H,52,53)(H,54,58). The maximum Gasteiger partial charge on any atom is 0.296 e. The molecular weight excluding hydrogens is 863 g/mol. The lowest BCUT2D eigenvalue weighted by atomic mass is 9.72. The molecule has 332 valence electrons. The van der Waals surface area contributed by atoms with E-state index in [0.29, 0.717) is 56.7 Å². The van der Waals surface area contributed by atoms with Gasteiger partial charge in [-0.3, -0.25) is 14.6 Å². The number of alkyl halides is 1. The van der Waals surface area contributed by atoms with Crippen LogP contribution in [0.25, 0.3) is 16.6 Å². The van der Waals surface area contributed by atoms with Gasteiger partial charge in [0.1, 0.15) is 46.5 Å². The molecule has 1 atom stereocenters. The number of benzene rings is 3. The van der Waals surface area contributed by atoms with Crippen LogP contribution in [-0.4, -0.2) is 108 Å². The molecule has 3 aliphatic heterocycles. The second-order valence-electron chi connectivity index (χ2n) is 18.0. The first-order chi connectivity index (χ1) is 30.4. The van der Waals surface area contributed by atoms with Crippen molar-refractivity contribution < 1.29 is 27.9 Å². The van der Waals surface area contributed by atoms with Crippen molar-refractivity contribution in [3.8, 4) is 17.2 Å². The number of carbonyl (C=O) groups excluding carboxylic acids is 1. The smallest absolute Gasteiger partial charge is 0.296 e. The molecule has 1 amide bonds. The number of ether oxygens (including phenoxy) is 3. The molecule has 1 aliphatic carbocycles. The number of amides is 1. The van der Waals surface area contributed by atoms with Crippen LogP contribution < -0.4 is 19.1 Å². The number of nitrogens with zero attached hydrogens (tertiary/aromatic N) is 4. The zero-order valence-electron chi connectivity index (χ0n) is 35.6. The number of carbonyl (C=O) groups is 1. The molecular formula is C48H53Cl2FN6O5S. The number of piperidine rings is 1. The number of halogens is 3. The lowest BCUT2D eigenvalue weighted by Crippen LogP contribution is -2.55. The fourth-order valence-electron chi connectivity index (χ4n) is 8.97. The van der Waals surface area contributed by atoms with Gasteiger partial charge in [0.05, 0.1) is 36.0 Å². The van der Waals surface area contributed by atoms with Crippen molar-refractivity contribution in [2.24, 2.45) is 5.41 Å². The van der Waals surface area contributed by atoms with Gasteiger partial charge in [-0.15, -0.1) is 0 Å². The van der Waals surface area contributed by atoms with E-state index in [-0.39, 0.29) is 33.3 Å². The monoisotopic (exact) mass is 914 g/mol. The summed E-state index contributed by atoms with van der Waals surface area (Å²) in [6, 6.07) is 22.5. The van der Waals surface area contributed by atoms with Gasteiger partial charge in [0.15, 0.2) is 4.90 Å². The first-order valence-electron chi connectivity index (χ1n) is 21.7. The summed E-state index contributed by atoms with van der Waals surface area (Å²) in [5.74, 6) is 0.452. The number of anilines is 1. The SMILES string of the molecule is CC1(C)CCC(CN2CCN(c3ccc(C(=O)N[S+]([O-])c4ccc(OCC5(F)CCN(C6COC6)CC5)c(Cl)c4)c(Oc4cnc5[nH]ccc5c4)c3)CC2)=C(c2ccc(Cl)cc2)C1. The summed E-state index contributed by atoms with van der Waals surface area (Å²) in [5.41, 5.74) is 4.82. The number of nitrogens with one attached hydrogen (secondary N) is 2. The summed E-state index contributed by atoms with van der Waals surface area (Å²) >= 11 is 10.8. The third-order valence-electron chi connectivity index (χ3n) is 13.0. The number of allylic oxidation sites excluding steroid dienone is 1. The number of piperazine rings is 1. The Morgan fingerprint density at radius 3 is 2.48 bits per heavy atom. The Kier molecular flexibility index (Phi) is 13.0. The fourth-order valence-corrected chi connectivity index (χ4v) is 10.2. The van der Waals surface area contributed by atoms with E-state index in [9.17, 15) is 9.35 Å². The highest BCUT2D eigenvalue weighted by molar-refractivity contribution is 7.90. The van der Waals surface area contributed by atoms with E-state index < -0.39 is 22.9 Å². The summed E-state index contributed by atoms with van der Waals surface area (Å²) in [6.07, 6.45) is 7.41. The third kappa shape index (κ3) is 10.3. The van der Waals surface area contributed by atoms with Gasteiger partial charge in [-0.25, -0.2) is 9.37 Å². The van der Waals surface area contributed by atoms with Gasteiger partial charge in [0, 0.05) is 80.2 Å². The highest BCUT2D eigenvalue weighted by Gasteiger charge is 2.39. The van der Waals surface area contributed by atoms with E-state index in [0.717, 1.165) is 73.7 Å². The lowest BCUT2D eigenvalue weighted by molar-refractivity contribution is -0.0890. The van der Waals surface area contributed by atoms with Crippen LogP contribution in [0.2, 0.25) is 10.0 Å². The van der Waals surface area contributed by atoms with Gasteiger partial charge in [0.2, 0.25) is 0 Å². The maximum atomic E-state index is 15.7. The van der Waals surface area contributed by atoms with Crippen LogP contribution in [0, 0.1) is 5.41 Å². The average Bonchev–Trinajstić information content (AvgIpc) is 3.73. The molecule has 0 spiro atoms. The van der Waals surface area contributed by atoms with E-state index in [1.165, 1.54) is 22.8 Å². The first-order valence-corrected chi connectivity index (χ1v) is 23.6. The minimum absolute atomic E-state index is 0.134. The largest absolute Gasteiger partial charge is 0.588 e. The molecule has 4 aliphatic rings. The van der Waals surface area contributed by atoms with Crippen molar-refractivity contribution in [2.75, 3.05) is 70.5 Å². The minimum atomic E-state index is -1.99. The van der Waals surface area contributed by atoms with Crippen LogP contribution in [0.1, 0.15) is 61.9 Å². The zero-order chi connectivity index (χ0) is 43.7. The summed E-state index contributed by atoms with van der Waals surface area (Å²) in [7, 11) is 0. The van der Waals surface area contributed by atoms with Gasteiger partial charge in [-0.2, -0.15) is 4.72 Å². The number of aromatic nitrogens is 2. The molecule has 11 nitrogen and oxygen atoms in total. The van der Waals surface area contributed by atoms with Crippen molar-refractivity contribution in [3.05, 3.63) is 112 Å². The number of rotatable bonds is 13. The van der Waals surface area contributed by atoms with Gasteiger partial charge in [-0.05, 0) is 97.2 Å². The Labute approximate surface area is 381 Å². The molecule has 0 bridgehead atoms. The Morgan fingerprint density at radius 2 is 1.75 bits per heavy atom. The molecule has 0 saturated carbocycles. The van der Waals surface area contributed by atoms with Crippen LogP contribution in [0.3, 0.4) is 0 Å². The molecule has 9 rings (SSSR count). The number of hydrogen-bond donors (Lipinski definition) is 2. The second-order valence-corrected chi connectivity index (χ2v) is 20.1. The van der Waals surface area contributed by atoms with Crippen LogP contribution in [0.5, 0.6) is 17.2 Å². The highest BCUT2D eigenvalue weighted by Crippen LogP contribution is 2.44. The van der Waals surface area contributed by atoms with Gasteiger partial charge < -0.3 is 28.6 Å². The van der Waals surface area contributed by atoms with E-state index in [2.05, 4.69) is 55.4 Å². The second kappa shape index (κ2) is 18.6. The Morgan fingerprint density at radius 1 is 0.968 bits per heavy atom. The van der Waals surface area contributed by atoms with Crippen molar-refractivity contribution in [2.45, 2.75) is 62.6 Å². The first kappa shape index (κ1) is 43.9. The zero-order valence-corrected chi connectivity index (χ0v) is 38.0. The van der Waals surface area contributed by atoms with Crippen LogP contribution in [-0.2, 0) is 16.1 Å².